The van der Waals surface area contributed by atoms with E-state index in [0.29, 0.717) is 6.04 Å². The molecule has 0 saturated carbocycles. The molecule has 5 heteroatoms. The molecule has 5 nitrogen and oxygen atoms in total. The fourth-order valence-corrected chi connectivity index (χ4v) is 2.61. The monoisotopic (exact) mass is 292 g/mol. The highest BCUT2D eigenvalue weighted by atomic mass is 16.5. The van der Waals surface area contributed by atoms with Crippen LogP contribution in [0.3, 0.4) is 0 Å². The van der Waals surface area contributed by atoms with Gasteiger partial charge in [0.25, 0.3) is 0 Å². The topological polar surface area (TPSA) is 64.3 Å². The Labute approximate surface area is 127 Å². The molecule has 0 aromatic carbocycles. The maximum absolute atomic E-state index is 6.05. The standard InChI is InChI=1S/C16H28N4O/c1-5-13(17)9-14-8-12(4)18-16(19-14)15-10-20(11(2)3)6-7-21-15/h8,11,13,15H,5-7,9-10,17H2,1-4H3. The van der Waals surface area contributed by atoms with E-state index in [9.17, 15) is 0 Å². The number of rotatable bonds is 5. The zero-order valence-electron chi connectivity index (χ0n) is 13.7. The van der Waals surface area contributed by atoms with Crippen LogP contribution in [-0.4, -0.2) is 46.6 Å². The molecule has 1 aliphatic rings. The molecule has 118 valence electrons. The van der Waals surface area contributed by atoms with Crippen LogP contribution in [0.15, 0.2) is 6.07 Å². The molecule has 0 spiro atoms. The van der Waals surface area contributed by atoms with Gasteiger partial charge < -0.3 is 10.5 Å². The SMILES string of the molecule is CCC(N)Cc1cc(C)nc(C2CN(C(C)C)CCO2)n1. The van der Waals surface area contributed by atoms with Crippen LogP contribution >= 0.6 is 0 Å². The number of ether oxygens (including phenoxy) is 1. The van der Waals surface area contributed by atoms with Gasteiger partial charge in [0.2, 0.25) is 0 Å². The van der Waals surface area contributed by atoms with Crippen molar-refractivity contribution < 1.29 is 4.74 Å². The lowest BCUT2D eigenvalue weighted by atomic mass is 10.1. The van der Waals surface area contributed by atoms with Crippen LogP contribution < -0.4 is 5.73 Å². The quantitative estimate of drug-likeness (QED) is 0.897. The van der Waals surface area contributed by atoms with Gasteiger partial charge in [0.15, 0.2) is 5.82 Å². The molecule has 1 fully saturated rings. The van der Waals surface area contributed by atoms with Crippen molar-refractivity contribution in [3.05, 3.63) is 23.3 Å². The number of hydrogen-bond acceptors (Lipinski definition) is 5. The summed E-state index contributed by atoms with van der Waals surface area (Å²) < 4.78 is 5.89. The lowest BCUT2D eigenvalue weighted by Crippen LogP contribution is -2.42. The Hall–Kier alpha value is -1.04. The average Bonchev–Trinajstić information content (AvgIpc) is 2.46. The van der Waals surface area contributed by atoms with E-state index in [1.807, 2.05) is 13.0 Å². The summed E-state index contributed by atoms with van der Waals surface area (Å²) in [5.41, 5.74) is 8.06. The molecule has 2 N–H and O–H groups in total. The molecule has 1 aromatic heterocycles. The minimum absolute atomic E-state index is 0.0300. The normalized spacial score (nSPS) is 21.7. The Morgan fingerprint density at radius 3 is 2.86 bits per heavy atom. The average molecular weight is 292 g/mol. The first-order valence-electron chi connectivity index (χ1n) is 7.95. The van der Waals surface area contributed by atoms with Gasteiger partial charge in [0.05, 0.1) is 6.61 Å². The summed E-state index contributed by atoms with van der Waals surface area (Å²) in [6.07, 6.45) is 1.73. The number of nitrogens with two attached hydrogens (primary N) is 1. The third-order valence-corrected chi connectivity index (χ3v) is 4.04. The van der Waals surface area contributed by atoms with Crippen LogP contribution in [0.4, 0.5) is 0 Å². The van der Waals surface area contributed by atoms with Gasteiger partial charge in [0.1, 0.15) is 6.10 Å². The fraction of sp³-hybridized carbons (Fsp3) is 0.750. The van der Waals surface area contributed by atoms with Crippen molar-refractivity contribution in [1.82, 2.24) is 14.9 Å². The maximum Gasteiger partial charge on any atom is 0.158 e. The number of nitrogens with zero attached hydrogens (tertiary/aromatic N) is 3. The molecule has 1 aliphatic heterocycles. The molecule has 0 radical (unpaired) electrons. The van der Waals surface area contributed by atoms with E-state index in [1.165, 1.54) is 0 Å². The number of aromatic nitrogens is 2. The van der Waals surface area contributed by atoms with Gasteiger partial charge in [-0.3, -0.25) is 4.90 Å². The zero-order valence-corrected chi connectivity index (χ0v) is 13.7. The molecule has 0 amide bonds. The summed E-state index contributed by atoms with van der Waals surface area (Å²) in [4.78, 5) is 11.7. The molecular weight excluding hydrogens is 264 g/mol. The first kappa shape index (κ1) is 16.3. The predicted octanol–water partition coefficient (Wildman–Crippen LogP) is 1.85. The van der Waals surface area contributed by atoms with Crippen LogP contribution in [0.5, 0.6) is 0 Å². The number of aryl methyl sites for hydroxylation is 1. The second-order valence-corrected chi connectivity index (χ2v) is 6.18. The summed E-state index contributed by atoms with van der Waals surface area (Å²) in [7, 11) is 0. The highest BCUT2D eigenvalue weighted by Gasteiger charge is 2.26. The lowest BCUT2D eigenvalue weighted by Gasteiger charge is -2.34. The van der Waals surface area contributed by atoms with Crippen molar-refractivity contribution in [3.63, 3.8) is 0 Å². The Kier molecular flexibility index (Phi) is 5.67. The molecule has 1 aromatic rings. The van der Waals surface area contributed by atoms with Gasteiger partial charge in [-0.2, -0.15) is 0 Å². The minimum Gasteiger partial charge on any atom is -0.368 e. The van der Waals surface area contributed by atoms with E-state index in [2.05, 4.69) is 30.7 Å². The first-order chi connectivity index (χ1) is 9.99. The van der Waals surface area contributed by atoms with Gasteiger partial charge in [0, 0.05) is 43.0 Å². The van der Waals surface area contributed by atoms with Crippen LogP contribution in [0, 0.1) is 6.92 Å². The van der Waals surface area contributed by atoms with Crippen molar-refractivity contribution in [3.8, 4) is 0 Å². The van der Waals surface area contributed by atoms with Gasteiger partial charge >= 0.3 is 0 Å². The fourth-order valence-electron chi connectivity index (χ4n) is 2.61. The molecule has 0 bridgehead atoms. The Bertz CT molecular complexity index is 464. The number of hydrogen-bond donors (Lipinski definition) is 1. The largest absolute Gasteiger partial charge is 0.368 e. The van der Waals surface area contributed by atoms with Crippen molar-refractivity contribution >= 4 is 0 Å². The second kappa shape index (κ2) is 7.29. The molecule has 2 heterocycles. The molecule has 1 saturated heterocycles. The summed E-state index contributed by atoms with van der Waals surface area (Å²) in [5.74, 6) is 0.804. The van der Waals surface area contributed by atoms with Crippen molar-refractivity contribution in [2.45, 2.75) is 58.7 Å². The van der Waals surface area contributed by atoms with Crippen molar-refractivity contribution in [1.29, 1.82) is 0 Å². The molecule has 2 atom stereocenters. The number of morpholine rings is 1. The molecule has 2 unspecified atom stereocenters. The molecular formula is C16H28N4O. The molecule has 0 aliphatic carbocycles. The molecule has 2 rings (SSSR count). The van der Waals surface area contributed by atoms with Gasteiger partial charge in [-0.05, 0) is 33.3 Å². The van der Waals surface area contributed by atoms with Crippen molar-refractivity contribution in [2.75, 3.05) is 19.7 Å². The van der Waals surface area contributed by atoms with Gasteiger partial charge in [-0.25, -0.2) is 9.97 Å². The lowest BCUT2D eigenvalue weighted by molar-refractivity contribution is -0.0444. The Morgan fingerprint density at radius 1 is 1.43 bits per heavy atom. The van der Waals surface area contributed by atoms with E-state index in [1.54, 1.807) is 0 Å². The van der Waals surface area contributed by atoms with E-state index >= 15 is 0 Å². The third-order valence-electron chi connectivity index (χ3n) is 4.04. The third kappa shape index (κ3) is 4.46. The maximum atomic E-state index is 6.05. The summed E-state index contributed by atoms with van der Waals surface area (Å²) >= 11 is 0. The van der Waals surface area contributed by atoms with Gasteiger partial charge in [-0.15, -0.1) is 0 Å². The van der Waals surface area contributed by atoms with E-state index in [0.717, 1.165) is 49.8 Å². The van der Waals surface area contributed by atoms with Crippen molar-refractivity contribution in [2.24, 2.45) is 5.73 Å². The summed E-state index contributed by atoms with van der Waals surface area (Å²) in [6.45, 7) is 11.1. The Morgan fingerprint density at radius 2 is 2.19 bits per heavy atom. The Balaban J connectivity index is 2.15. The highest BCUT2D eigenvalue weighted by molar-refractivity contribution is 5.13. The first-order valence-corrected chi connectivity index (χ1v) is 7.95. The van der Waals surface area contributed by atoms with Crippen LogP contribution in [-0.2, 0) is 11.2 Å². The smallest absolute Gasteiger partial charge is 0.158 e. The summed E-state index contributed by atoms with van der Waals surface area (Å²) in [5, 5.41) is 0. The minimum atomic E-state index is -0.0300. The summed E-state index contributed by atoms with van der Waals surface area (Å²) in [6, 6.07) is 2.71. The zero-order chi connectivity index (χ0) is 15.4. The van der Waals surface area contributed by atoms with Crippen LogP contribution in [0.2, 0.25) is 0 Å². The van der Waals surface area contributed by atoms with Crippen LogP contribution in [0.1, 0.15) is 50.5 Å². The van der Waals surface area contributed by atoms with E-state index < -0.39 is 0 Å². The van der Waals surface area contributed by atoms with E-state index in [4.69, 9.17) is 15.5 Å². The predicted molar refractivity (Wildman–Crippen MR) is 84.1 cm³/mol. The van der Waals surface area contributed by atoms with Crippen LogP contribution in [0.25, 0.3) is 0 Å². The molecule has 21 heavy (non-hydrogen) atoms. The highest BCUT2D eigenvalue weighted by Crippen LogP contribution is 2.21. The van der Waals surface area contributed by atoms with E-state index in [-0.39, 0.29) is 12.1 Å². The second-order valence-electron chi connectivity index (χ2n) is 6.18. The van der Waals surface area contributed by atoms with Gasteiger partial charge in [-0.1, -0.05) is 6.92 Å².